The molecule has 162 valence electrons. The van der Waals surface area contributed by atoms with Crippen LogP contribution in [0, 0.1) is 11.8 Å². The molecule has 1 heterocycles. The molecule has 2 fully saturated rings. The van der Waals surface area contributed by atoms with Gasteiger partial charge in [0.05, 0.1) is 12.7 Å². The SMILES string of the molecule is CCOC(=O)[C@@H]1[C@H]2CCC(OS(=O)(=O)C(F)(F)F)[C@H]2CN1C(=O)OC(C)(C)C. The number of nitrogens with zero attached hydrogens (tertiary/aromatic N) is 1. The molecule has 0 bridgehead atoms. The summed E-state index contributed by atoms with van der Waals surface area (Å²) < 4.78 is 75.4. The Morgan fingerprint density at radius 3 is 2.21 bits per heavy atom. The lowest BCUT2D eigenvalue weighted by Gasteiger charge is -2.29. The lowest BCUT2D eigenvalue weighted by atomic mass is 9.93. The van der Waals surface area contributed by atoms with Gasteiger partial charge in [-0.1, -0.05) is 0 Å². The zero-order chi connectivity index (χ0) is 21.5. The molecule has 0 aromatic rings. The first-order valence-electron chi connectivity index (χ1n) is 8.83. The minimum absolute atomic E-state index is 0.0166. The van der Waals surface area contributed by atoms with Gasteiger partial charge < -0.3 is 9.47 Å². The molecular weight excluding hydrogens is 407 g/mol. The third kappa shape index (κ3) is 4.70. The molecule has 1 saturated heterocycles. The van der Waals surface area contributed by atoms with Crippen molar-refractivity contribution in [2.45, 2.75) is 63.8 Å². The van der Waals surface area contributed by atoms with Gasteiger partial charge >= 0.3 is 27.7 Å². The maximum atomic E-state index is 12.7. The second-order valence-corrected chi connectivity index (χ2v) is 9.33. The van der Waals surface area contributed by atoms with Crippen LogP contribution in [0.4, 0.5) is 18.0 Å². The highest BCUT2D eigenvalue weighted by Crippen LogP contribution is 2.46. The number of carbonyl (C=O) groups is 2. The Morgan fingerprint density at radius 1 is 1.11 bits per heavy atom. The summed E-state index contributed by atoms with van der Waals surface area (Å²) in [5.74, 6) is -2.06. The fourth-order valence-electron chi connectivity index (χ4n) is 3.65. The Morgan fingerprint density at radius 2 is 1.71 bits per heavy atom. The average molecular weight is 431 g/mol. The highest BCUT2D eigenvalue weighted by Gasteiger charge is 2.58. The first-order valence-corrected chi connectivity index (χ1v) is 10.2. The minimum Gasteiger partial charge on any atom is -0.464 e. The van der Waals surface area contributed by atoms with E-state index in [0.29, 0.717) is 0 Å². The van der Waals surface area contributed by atoms with E-state index in [1.165, 1.54) is 0 Å². The fourth-order valence-corrected chi connectivity index (χ4v) is 4.33. The molecule has 0 spiro atoms. The van der Waals surface area contributed by atoms with Crippen LogP contribution >= 0.6 is 0 Å². The smallest absolute Gasteiger partial charge is 0.464 e. The van der Waals surface area contributed by atoms with E-state index in [1.54, 1.807) is 27.7 Å². The summed E-state index contributed by atoms with van der Waals surface area (Å²) in [6.45, 7) is 6.35. The van der Waals surface area contributed by atoms with Gasteiger partial charge in [-0.2, -0.15) is 21.6 Å². The third-order valence-electron chi connectivity index (χ3n) is 4.65. The van der Waals surface area contributed by atoms with Crippen molar-refractivity contribution >= 4 is 22.2 Å². The first-order chi connectivity index (χ1) is 12.7. The van der Waals surface area contributed by atoms with Crippen LogP contribution in [0.5, 0.6) is 0 Å². The molecule has 4 atom stereocenters. The molecule has 2 aliphatic rings. The molecule has 1 amide bonds. The predicted octanol–water partition coefficient (Wildman–Crippen LogP) is 2.43. The largest absolute Gasteiger partial charge is 0.523 e. The van der Waals surface area contributed by atoms with E-state index in [2.05, 4.69) is 4.18 Å². The summed E-state index contributed by atoms with van der Waals surface area (Å²) in [7, 11) is -5.79. The molecule has 1 saturated carbocycles. The summed E-state index contributed by atoms with van der Waals surface area (Å²) >= 11 is 0. The van der Waals surface area contributed by atoms with Crippen LogP contribution in [-0.4, -0.2) is 61.8 Å². The number of likely N-dealkylation sites (tertiary alicyclic amines) is 1. The number of esters is 1. The first kappa shape index (κ1) is 22.7. The monoisotopic (exact) mass is 431 g/mol. The molecule has 28 heavy (non-hydrogen) atoms. The second kappa shape index (κ2) is 7.69. The van der Waals surface area contributed by atoms with Crippen molar-refractivity contribution in [2.75, 3.05) is 13.2 Å². The maximum Gasteiger partial charge on any atom is 0.523 e. The van der Waals surface area contributed by atoms with E-state index < -0.39 is 57.3 Å². The van der Waals surface area contributed by atoms with Crippen molar-refractivity contribution < 1.29 is 44.8 Å². The number of amides is 1. The molecule has 0 radical (unpaired) electrons. The van der Waals surface area contributed by atoms with Gasteiger partial charge in [0.15, 0.2) is 0 Å². The molecule has 1 aliphatic carbocycles. The number of halogens is 3. The summed E-state index contributed by atoms with van der Waals surface area (Å²) in [4.78, 5) is 26.0. The van der Waals surface area contributed by atoms with Gasteiger partial charge in [-0.3, -0.25) is 9.08 Å². The van der Waals surface area contributed by atoms with Crippen molar-refractivity contribution in [3.8, 4) is 0 Å². The van der Waals surface area contributed by atoms with Gasteiger partial charge in [-0.25, -0.2) is 9.59 Å². The number of fused-ring (bicyclic) bond motifs is 1. The number of rotatable bonds is 4. The van der Waals surface area contributed by atoms with E-state index in [4.69, 9.17) is 9.47 Å². The maximum absolute atomic E-state index is 12.7. The van der Waals surface area contributed by atoms with Crippen molar-refractivity contribution in [3.05, 3.63) is 0 Å². The Kier molecular flexibility index (Phi) is 6.25. The summed E-state index contributed by atoms with van der Waals surface area (Å²) in [5, 5.41) is 0. The molecule has 0 aromatic carbocycles. The van der Waals surface area contributed by atoms with Gasteiger partial charge in [0.25, 0.3) is 0 Å². The van der Waals surface area contributed by atoms with Crippen LogP contribution in [-0.2, 0) is 28.6 Å². The molecule has 8 nitrogen and oxygen atoms in total. The van der Waals surface area contributed by atoms with E-state index in [9.17, 15) is 31.2 Å². The minimum atomic E-state index is -5.79. The Bertz CT molecular complexity index is 717. The number of hydrogen-bond donors (Lipinski definition) is 0. The van der Waals surface area contributed by atoms with Gasteiger partial charge in [0.1, 0.15) is 11.6 Å². The molecule has 0 aromatic heterocycles. The molecule has 0 N–H and O–H groups in total. The fraction of sp³-hybridized carbons (Fsp3) is 0.875. The highest BCUT2D eigenvalue weighted by molar-refractivity contribution is 7.87. The predicted molar refractivity (Wildman–Crippen MR) is 89.4 cm³/mol. The summed E-state index contributed by atoms with van der Waals surface area (Å²) in [6, 6.07) is -1.07. The molecule has 12 heteroatoms. The van der Waals surface area contributed by atoms with E-state index >= 15 is 0 Å². The lowest BCUT2D eigenvalue weighted by molar-refractivity contribution is -0.149. The van der Waals surface area contributed by atoms with Crippen LogP contribution in [0.1, 0.15) is 40.5 Å². The number of hydrogen-bond acceptors (Lipinski definition) is 7. The Balaban J connectivity index is 2.26. The normalized spacial score (nSPS) is 28.2. The van der Waals surface area contributed by atoms with Gasteiger partial charge in [-0.15, -0.1) is 0 Å². The second-order valence-electron chi connectivity index (χ2n) is 7.77. The standard InChI is InChI=1S/C16H24F3NO7S/c1-5-25-13(21)12-9-6-7-11(27-28(23,24)16(17,18)19)10(9)8-20(12)14(22)26-15(2,3)4/h9-12H,5-8H2,1-4H3/t9-,10-,11?,12-/m0/s1. The molecular formula is C16H24F3NO7S. The van der Waals surface area contributed by atoms with Crippen molar-refractivity contribution in [1.29, 1.82) is 0 Å². The summed E-state index contributed by atoms with van der Waals surface area (Å²) in [5.41, 5.74) is -6.40. The van der Waals surface area contributed by atoms with Crippen LogP contribution in [0.25, 0.3) is 0 Å². The van der Waals surface area contributed by atoms with Crippen LogP contribution in [0.15, 0.2) is 0 Å². The number of carbonyl (C=O) groups excluding carboxylic acids is 2. The van der Waals surface area contributed by atoms with Gasteiger partial charge in [0, 0.05) is 12.5 Å². The Hall–Kier alpha value is -1.56. The Labute approximate surface area is 161 Å². The van der Waals surface area contributed by atoms with Crippen molar-refractivity contribution in [1.82, 2.24) is 4.90 Å². The third-order valence-corrected chi connectivity index (χ3v) is 5.72. The zero-order valence-corrected chi connectivity index (χ0v) is 16.8. The highest BCUT2D eigenvalue weighted by atomic mass is 32.2. The number of alkyl halides is 3. The van der Waals surface area contributed by atoms with E-state index in [-0.39, 0.29) is 26.0 Å². The van der Waals surface area contributed by atoms with Crippen molar-refractivity contribution in [2.24, 2.45) is 11.8 Å². The number of ether oxygens (including phenoxy) is 2. The van der Waals surface area contributed by atoms with E-state index in [0.717, 1.165) is 4.90 Å². The average Bonchev–Trinajstić information content (AvgIpc) is 3.04. The topological polar surface area (TPSA) is 99.2 Å². The van der Waals surface area contributed by atoms with Crippen LogP contribution < -0.4 is 0 Å². The lowest BCUT2D eigenvalue weighted by Crippen LogP contribution is -2.46. The quantitative estimate of drug-likeness (QED) is 0.383. The van der Waals surface area contributed by atoms with E-state index in [1.807, 2.05) is 0 Å². The van der Waals surface area contributed by atoms with Crippen LogP contribution in [0.2, 0.25) is 0 Å². The molecule has 1 unspecified atom stereocenters. The van der Waals surface area contributed by atoms with Gasteiger partial charge in [0.2, 0.25) is 0 Å². The van der Waals surface area contributed by atoms with Crippen LogP contribution in [0.3, 0.4) is 0 Å². The van der Waals surface area contributed by atoms with Gasteiger partial charge in [-0.05, 0) is 46.5 Å². The molecule has 1 aliphatic heterocycles. The zero-order valence-electron chi connectivity index (χ0n) is 16.0. The summed E-state index contributed by atoms with van der Waals surface area (Å²) in [6.07, 6.45) is -1.88. The molecule has 2 rings (SSSR count). The van der Waals surface area contributed by atoms with Crippen molar-refractivity contribution in [3.63, 3.8) is 0 Å².